The van der Waals surface area contributed by atoms with Gasteiger partial charge in [-0.05, 0) is 35.4 Å². The Bertz CT molecular complexity index is 649. The Balaban J connectivity index is 2.25. The van der Waals surface area contributed by atoms with E-state index >= 15 is 0 Å². The van der Waals surface area contributed by atoms with Gasteiger partial charge in [0.1, 0.15) is 5.75 Å². The van der Waals surface area contributed by atoms with Crippen molar-refractivity contribution in [3.63, 3.8) is 0 Å². The second-order valence-electron chi connectivity index (χ2n) is 4.83. The number of nitro benzene ring substituents is 1. The fraction of sp³-hybridized carbons (Fsp3) is 0.176. The summed E-state index contributed by atoms with van der Waals surface area (Å²) in [5, 5.41) is 21.2. The summed E-state index contributed by atoms with van der Waals surface area (Å²) in [6.07, 6.45) is 0.833. The first kappa shape index (κ1) is 15.7. The molecule has 0 amide bonds. The van der Waals surface area contributed by atoms with Gasteiger partial charge < -0.3 is 9.84 Å². The summed E-state index contributed by atoms with van der Waals surface area (Å²) in [5.74, 6) is 0.420. The second-order valence-corrected chi connectivity index (χ2v) is 4.83. The van der Waals surface area contributed by atoms with Crippen LogP contribution in [-0.2, 0) is 0 Å². The van der Waals surface area contributed by atoms with Gasteiger partial charge >= 0.3 is 0 Å². The maximum atomic E-state index is 10.7. The van der Waals surface area contributed by atoms with Crippen molar-refractivity contribution in [3.05, 3.63) is 82.4 Å². The van der Waals surface area contributed by atoms with Crippen LogP contribution in [0.25, 0.3) is 0 Å². The number of nitro groups is 1. The largest absolute Gasteiger partial charge is 0.497 e. The second kappa shape index (κ2) is 6.87. The first-order valence-electron chi connectivity index (χ1n) is 6.75. The molecule has 2 rings (SSSR count). The molecule has 0 bridgehead atoms. The molecule has 0 spiro atoms. The van der Waals surface area contributed by atoms with E-state index in [0.717, 1.165) is 11.3 Å². The molecule has 114 valence electrons. The van der Waals surface area contributed by atoms with E-state index < -0.39 is 11.0 Å². The van der Waals surface area contributed by atoms with Gasteiger partial charge in [0.05, 0.1) is 18.1 Å². The van der Waals surface area contributed by atoms with Crippen LogP contribution in [0.4, 0.5) is 5.69 Å². The van der Waals surface area contributed by atoms with Gasteiger partial charge in [0, 0.05) is 18.1 Å². The number of benzene rings is 2. The zero-order chi connectivity index (χ0) is 16.1. The Morgan fingerprint density at radius 3 is 2.14 bits per heavy atom. The molecule has 0 saturated heterocycles. The number of hydrogen-bond donors (Lipinski definition) is 1. The lowest BCUT2D eigenvalue weighted by Gasteiger charge is -2.20. The predicted octanol–water partition coefficient (Wildman–Crippen LogP) is 3.61. The summed E-state index contributed by atoms with van der Waals surface area (Å²) in [6.45, 7) is 3.77. The number of hydrogen-bond acceptors (Lipinski definition) is 4. The molecule has 0 aliphatic heterocycles. The minimum Gasteiger partial charge on any atom is -0.497 e. The molecular weight excluding hydrogens is 282 g/mol. The standard InChI is InChI=1S/C17H17NO4/c1-3-16(12-6-10-15(22-2)11-7-12)17(19)13-4-8-14(9-5-13)18(20)21/h3-11,16-17,19H,1H2,2H3/t16-,17-/m0/s1. The SMILES string of the molecule is C=C[C@@H](c1ccc(OC)cc1)[C@@H](O)c1ccc([N+](=O)[O-])cc1. The molecule has 0 aliphatic rings. The van der Waals surface area contributed by atoms with E-state index in [2.05, 4.69) is 6.58 Å². The average Bonchev–Trinajstić information content (AvgIpc) is 2.56. The molecule has 0 aliphatic carbocycles. The molecular formula is C17H17NO4. The van der Waals surface area contributed by atoms with Gasteiger partial charge in [0.25, 0.3) is 5.69 Å². The highest BCUT2D eigenvalue weighted by atomic mass is 16.6. The van der Waals surface area contributed by atoms with Crippen molar-refractivity contribution in [1.82, 2.24) is 0 Å². The van der Waals surface area contributed by atoms with Crippen LogP contribution in [0.5, 0.6) is 5.75 Å². The fourth-order valence-electron chi connectivity index (χ4n) is 2.27. The van der Waals surface area contributed by atoms with Gasteiger partial charge in [0.2, 0.25) is 0 Å². The van der Waals surface area contributed by atoms with Gasteiger partial charge in [-0.1, -0.05) is 18.2 Å². The van der Waals surface area contributed by atoms with E-state index in [1.807, 2.05) is 24.3 Å². The van der Waals surface area contributed by atoms with Crippen molar-refractivity contribution < 1.29 is 14.8 Å². The molecule has 0 saturated carbocycles. The van der Waals surface area contributed by atoms with E-state index in [1.165, 1.54) is 12.1 Å². The lowest BCUT2D eigenvalue weighted by molar-refractivity contribution is -0.384. The molecule has 1 N–H and O–H groups in total. The summed E-state index contributed by atoms with van der Waals surface area (Å²) in [7, 11) is 1.59. The quantitative estimate of drug-likeness (QED) is 0.502. The molecule has 5 nitrogen and oxygen atoms in total. The molecule has 2 aromatic carbocycles. The Labute approximate surface area is 128 Å². The Hall–Kier alpha value is -2.66. The van der Waals surface area contributed by atoms with E-state index in [-0.39, 0.29) is 11.6 Å². The monoisotopic (exact) mass is 299 g/mol. The number of aliphatic hydroxyl groups is 1. The van der Waals surface area contributed by atoms with E-state index in [1.54, 1.807) is 25.3 Å². The van der Waals surface area contributed by atoms with Crippen molar-refractivity contribution in [3.8, 4) is 5.75 Å². The molecule has 0 aromatic heterocycles. The van der Waals surface area contributed by atoms with E-state index in [0.29, 0.717) is 5.56 Å². The molecule has 22 heavy (non-hydrogen) atoms. The topological polar surface area (TPSA) is 72.6 Å². The van der Waals surface area contributed by atoms with Crippen molar-refractivity contribution in [2.75, 3.05) is 7.11 Å². The smallest absolute Gasteiger partial charge is 0.269 e. The van der Waals surface area contributed by atoms with Crippen LogP contribution in [0.2, 0.25) is 0 Å². The third-order valence-electron chi connectivity index (χ3n) is 3.54. The number of nitrogens with zero attached hydrogens (tertiary/aromatic N) is 1. The summed E-state index contributed by atoms with van der Waals surface area (Å²) in [5.41, 5.74) is 1.49. The zero-order valence-corrected chi connectivity index (χ0v) is 12.2. The minimum atomic E-state index is -0.827. The summed E-state index contributed by atoms with van der Waals surface area (Å²) >= 11 is 0. The predicted molar refractivity (Wildman–Crippen MR) is 84.0 cm³/mol. The van der Waals surface area contributed by atoms with Crippen LogP contribution in [0, 0.1) is 10.1 Å². The van der Waals surface area contributed by atoms with Crippen molar-refractivity contribution in [2.45, 2.75) is 12.0 Å². The van der Waals surface area contributed by atoms with Gasteiger partial charge in [-0.15, -0.1) is 6.58 Å². The van der Waals surface area contributed by atoms with Gasteiger partial charge in [-0.25, -0.2) is 0 Å². The first-order valence-corrected chi connectivity index (χ1v) is 6.75. The number of non-ortho nitro benzene ring substituents is 1. The first-order chi connectivity index (χ1) is 10.6. The summed E-state index contributed by atoms with van der Waals surface area (Å²) in [4.78, 5) is 10.2. The average molecular weight is 299 g/mol. The Kier molecular flexibility index (Phi) is 4.91. The molecule has 0 unspecified atom stereocenters. The third kappa shape index (κ3) is 3.32. The maximum absolute atomic E-state index is 10.7. The molecule has 2 atom stereocenters. The van der Waals surface area contributed by atoms with Crippen molar-refractivity contribution >= 4 is 5.69 Å². The van der Waals surface area contributed by atoms with Gasteiger partial charge in [0.15, 0.2) is 0 Å². The van der Waals surface area contributed by atoms with E-state index in [9.17, 15) is 15.2 Å². The molecule has 0 heterocycles. The van der Waals surface area contributed by atoms with Crippen molar-refractivity contribution in [1.29, 1.82) is 0 Å². The lowest BCUT2D eigenvalue weighted by Crippen LogP contribution is -2.08. The number of rotatable bonds is 6. The summed E-state index contributed by atoms with van der Waals surface area (Å²) in [6, 6.07) is 13.2. The van der Waals surface area contributed by atoms with Crippen molar-refractivity contribution in [2.24, 2.45) is 0 Å². The van der Waals surface area contributed by atoms with Gasteiger partial charge in [-0.2, -0.15) is 0 Å². The Morgan fingerprint density at radius 1 is 1.14 bits per heavy atom. The van der Waals surface area contributed by atoms with Crippen LogP contribution < -0.4 is 4.74 Å². The molecule has 5 heteroatoms. The van der Waals surface area contributed by atoms with Gasteiger partial charge in [-0.3, -0.25) is 10.1 Å². The van der Waals surface area contributed by atoms with E-state index in [4.69, 9.17) is 4.74 Å². The van der Waals surface area contributed by atoms with Crippen LogP contribution in [0.15, 0.2) is 61.2 Å². The highest BCUT2D eigenvalue weighted by Gasteiger charge is 2.20. The normalized spacial score (nSPS) is 13.2. The minimum absolute atomic E-state index is 0.00412. The Morgan fingerprint density at radius 2 is 1.68 bits per heavy atom. The summed E-state index contributed by atoms with van der Waals surface area (Å²) < 4.78 is 5.11. The fourth-order valence-corrected chi connectivity index (χ4v) is 2.27. The maximum Gasteiger partial charge on any atom is 0.269 e. The molecule has 2 aromatic rings. The highest BCUT2D eigenvalue weighted by molar-refractivity contribution is 5.37. The zero-order valence-electron chi connectivity index (χ0n) is 12.2. The highest BCUT2D eigenvalue weighted by Crippen LogP contribution is 2.33. The molecule has 0 fully saturated rings. The van der Waals surface area contributed by atoms with Crippen LogP contribution in [-0.4, -0.2) is 17.1 Å². The van der Waals surface area contributed by atoms with Crippen LogP contribution in [0.1, 0.15) is 23.1 Å². The molecule has 0 radical (unpaired) electrons. The third-order valence-corrected chi connectivity index (χ3v) is 3.54. The number of aliphatic hydroxyl groups excluding tert-OH is 1. The van der Waals surface area contributed by atoms with Crippen LogP contribution >= 0.6 is 0 Å². The lowest BCUT2D eigenvalue weighted by atomic mass is 9.89. The number of methoxy groups -OCH3 is 1. The van der Waals surface area contributed by atoms with Crippen LogP contribution in [0.3, 0.4) is 0 Å². The number of ether oxygens (including phenoxy) is 1.